The average Bonchev–Trinajstić information content (AvgIpc) is 2.88. The molecule has 188 valence electrons. The minimum atomic E-state index is -1.19. The number of aromatic carboxylic acids is 2. The molecule has 0 spiro atoms. The second kappa shape index (κ2) is 10.6. The van der Waals surface area contributed by atoms with Gasteiger partial charge in [-0.15, -0.1) is 0 Å². The van der Waals surface area contributed by atoms with Crippen LogP contribution in [0.3, 0.4) is 0 Å². The van der Waals surface area contributed by atoms with Gasteiger partial charge >= 0.3 is 17.9 Å². The van der Waals surface area contributed by atoms with Crippen molar-refractivity contribution >= 4 is 40.2 Å². The highest BCUT2D eigenvalue weighted by molar-refractivity contribution is 6.06. The molecule has 0 amide bonds. The molecule has 0 aliphatic rings. The third-order valence-corrected chi connectivity index (χ3v) is 5.60. The van der Waals surface area contributed by atoms with E-state index in [1.54, 1.807) is 61.5 Å². The van der Waals surface area contributed by atoms with Crippen LogP contribution in [0.2, 0.25) is 0 Å². The predicted octanol–water partition coefficient (Wildman–Crippen LogP) is 4.35. The molecule has 1 atom stereocenters. The Morgan fingerprint density at radius 2 is 1.43 bits per heavy atom. The molecule has 10 nitrogen and oxygen atoms in total. The summed E-state index contributed by atoms with van der Waals surface area (Å²) in [5, 5.41) is 35.9. The smallest absolute Gasteiger partial charge is 0.344 e. The van der Waals surface area contributed by atoms with Crippen molar-refractivity contribution in [3.8, 4) is 5.75 Å². The maximum absolute atomic E-state index is 13.3. The number of carboxylic acids is 2. The lowest BCUT2D eigenvalue weighted by molar-refractivity contribution is 0.0381. The summed E-state index contributed by atoms with van der Waals surface area (Å²) in [6, 6.07) is 19.0. The number of nitrogens with one attached hydrogen (secondary N) is 2. The van der Waals surface area contributed by atoms with E-state index in [0.717, 1.165) is 0 Å². The fourth-order valence-corrected chi connectivity index (χ4v) is 3.84. The molecule has 0 aliphatic carbocycles. The summed E-state index contributed by atoms with van der Waals surface area (Å²) in [5.41, 5.74) is 1.04. The maximum atomic E-state index is 13.3. The van der Waals surface area contributed by atoms with Gasteiger partial charge in [-0.05, 0) is 37.3 Å². The number of carboxylic acid groups (broad SMARTS) is 2. The van der Waals surface area contributed by atoms with E-state index in [4.69, 9.17) is 4.74 Å². The van der Waals surface area contributed by atoms with E-state index in [9.17, 15) is 29.7 Å². The normalized spacial score (nSPS) is 11.5. The molecular formula is C27H23N3O7. The minimum absolute atomic E-state index is 0.00640. The first-order valence-corrected chi connectivity index (χ1v) is 11.2. The predicted molar refractivity (Wildman–Crippen MR) is 136 cm³/mol. The van der Waals surface area contributed by atoms with Gasteiger partial charge in [0.1, 0.15) is 5.56 Å². The fraction of sp³-hybridized carbons (Fsp3) is 0.111. The number of aromatic nitrogens is 1. The van der Waals surface area contributed by atoms with Crippen LogP contribution >= 0.6 is 0 Å². The monoisotopic (exact) mass is 501 g/mol. The summed E-state index contributed by atoms with van der Waals surface area (Å²) in [6.07, 6.45) is -1.17. The van der Waals surface area contributed by atoms with E-state index in [2.05, 4.69) is 15.6 Å². The zero-order chi connectivity index (χ0) is 26.5. The number of esters is 1. The van der Waals surface area contributed by atoms with E-state index < -0.39 is 24.1 Å². The highest BCUT2D eigenvalue weighted by Crippen LogP contribution is 2.30. The van der Waals surface area contributed by atoms with Crippen LogP contribution in [0.25, 0.3) is 10.9 Å². The second-order valence-electron chi connectivity index (χ2n) is 8.06. The zero-order valence-corrected chi connectivity index (χ0v) is 19.6. The van der Waals surface area contributed by atoms with Gasteiger partial charge in [-0.1, -0.05) is 42.5 Å². The van der Waals surface area contributed by atoms with Gasteiger partial charge in [0, 0.05) is 11.1 Å². The number of ether oxygens (including phenoxy) is 1. The van der Waals surface area contributed by atoms with Crippen molar-refractivity contribution in [2.75, 3.05) is 17.2 Å². The fourth-order valence-electron chi connectivity index (χ4n) is 3.84. The van der Waals surface area contributed by atoms with Gasteiger partial charge in [-0.2, -0.15) is 0 Å². The lowest BCUT2D eigenvalue weighted by Crippen LogP contribution is -2.34. The van der Waals surface area contributed by atoms with Crippen LogP contribution in [0.1, 0.15) is 36.8 Å². The second-order valence-corrected chi connectivity index (χ2v) is 8.06. The molecule has 3 aromatic carbocycles. The van der Waals surface area contributed by atoms with Crippen LogP contribution in [0.5, 0.6) is 5.75 Å². The van der Waals surface area contributed by atoms with E-state index >= 15 is 0 Å². The number of aryl methyl sites for hydroxylation is 1. The molecule has 1 aromatic heterocycles. The van der Waals surface area contributed by atoms with Crippen molar-refractivity contribution in [2.24, 2.45) is 0 Å². The molecule has 0 fully saturated rings. The number of pyridine rings is 1. The van der Waals surface area contributed by atoms with Crippen LogP contribution in [-0.4, -0.2) is 51.0 Å². The number of nitrogens with zero attached hydrogens (tertiary/aromatic N) is 1. The van der Waals surface area contributed by atoms with Crippen LogP contribution < -0.4 is 10.6 Å². The summed E-state index contributed by atoms with van der Waals surface area (Å²) in [7, 11) is 0. The average molecular weight is 501 g/mol. The summed E-state index contributed by atoms with van der Waals surface area (Å²) in [4.78, 5) is 40.9. The Balaban J connectivity index is 1.68. The molecule has 0 saturated heterocycles. The first-order chi connectivity index (χ1) is 17.8. The van der Waals surface area contributed by atoms with Gasteiger partial charge in [0.05, 0.1) is 34.6 Å². The molecule has 0 radical (unpaired) electrons. The molecule has 37 heavy (non-hydrogen) atoms. The van der Waals surface area contributed by atoms with Crippen LogP contribution in [0.15, 0.2) is 72.8 Å². The molecule has 1 unspecified atom stereocenters. The van der Waals surface area contributed by atoms with Crippen molar-refractivity contribution in [1.29, 1.82) is 0 Å². The van der Waals surface area contributed by atoms with Crippen molar-refractivity contribution in [2.45, 2.75) is 13.2 Å². The Labute approximate surface area is 211 Å². The quantitative estimate of drug-likeness (QED) is 0.165. The van der Waals surface area contributed by atoms with E-state index in [1.807, 2.05) is 0 Å². The van der Waals surface area contributed by atoms with Crippen molar-refractivity contribution in [1.82, 2.24) is 4.98 Å². The number of benzene rings is 3. The topological polar surface area (TPSA) is 158 Å². The molecule has 0 saturated carbocycles. The highest BCUT2D eigenvalue weighted by Gasteiger charge is 2.25. The Morgan fingerprint density at radius 3 is 2.11 bits per heavy atom. The summed E-state index contributed by atoms with van der Waals surface area (Å²) in [5.74, 6) is -3.55. The number of carbonyl (C=O) groups excluding carboxylic acids is 1. The van der Waals surface area contributed by atoms with Crippen LogP contribution in [0, 0.1) is 6.92 Å². The maximum Gasteiger partial charge on any atom is 0.344 e. The van der Waals surface area contributed by atoms with E-state index in [0.29, 0.717) is 10.9 Å². The lowest BCUT2D eigenvalue weighted by Gasteiger charge is -2.23. The zero-order valence-electron chi connectivity index (χ0n) is 19.6. The van der Waals surface area contributed by atoms with Gasteiger partial charge in [0.2, 0.25) is 0 Å². The van der Waals surface area contributed by atoms with Gasteiger partial charge in [0.15, 0.2) is 12.0 Å². The minimum Gasteiger partial charge on any atom is -0.505 e. The Kier molecular flexibility index (Phi) is 7.19. The van der Waals surface area contributed by atoms with E-state index in [-0.39, 0.29) is 46.1 Å². The van der Waals surface area contributed by atoms with Crippen LogP contribution in [-0.2, 0) is 4.74 Å². The first-order valence-electron chi connectivity index (χ1n) is 11.2. The van der Waals surface area contributed by atoms with Crippen molar-refractivity contribution in [3.05, 3.63) is 95.2 Å². The van der Waals surface area contributed by atoms with Crippen molar-refractivity contribution in [3.63, 3.8) is 0 Å². The van der Waals surface area contributed by atoms with Crippen LogP contribution in [0.4, 0.5) is 11.4 Å². The van der Waals surface area contributed by atoms with Gasteiger partial charge in [0.25, 0.3) is 0 Å². The number of aromatic hydroxyl groups is 1. The Morgan fingerprint density at radius 1 is 0.865 bits per heavy atom. The number of carbonyl (C=O) groups is 3. The first kappa shape index (κ1) is 25.0. The molecule has 0 aliphatic heterocycles. The Hall–Kier alpha value is -5.12. The molecule has 1 heterocycles. The third kappa shape index (κ3) is 5.43. The summed E-state index contributed by atoms with van der Waals surface area (Å²) >= 11 is 0. The molecule has 4 aromatic rings. The largest absolute Gasteiger partial charge is 0.505 e. The molecule has 4 rings (SSSR count). The third-order valence-electron chi connectivity index (χ3n) is 5.60. The number of para-hydroxylation sites is 3. The van der Waals surface area contributed by atoms with E-state index in [1.165, 1.54) is 18.2 Å². The lowest BCUT2D eigenvalue weighted by atomic mass is 10.1. The molecule has 0 bridgehead atoms. The number of anilines is 2. The number of fused-ring (bicyclic) bond motifs is 1. The summed E-state index contributed by atoms with van der Waals surface area (Å²) in [6.45, 7) is 1.43. The van der Waals surface area contributed by atoms with Gasteiger partial charge in [-0.25, -0.2) is 19.4 Å². The van der Waals surface area contributed by atoms with Gasteiger partial charge in [-0.3, -0.25) is 0 Å². The SMILES string of the molecule is Cc1nc2ccccc2c(C(=O)OC(CNc2ccccc2C(=O)O)Nc2ccccc2C(=O)O)c1O. The van der Waals surface area contributed by atoms with Gasteiger partial charge < -0.3 is 30.7 Å². The number of hydrogen-bond donors (Lipinski definition) is 5. The van der Waals surface area contributed by atoms with Crippen molar-refractivity contribution < 1.29 is 34.4 Å². The number of rotatable bonds is 9. The molecule has 5 N–H and O–H groups in total. The Bertz CT molecular complexity index is 1500. The number of hydrogen-bond acceptors (Lipinski definition) is 8. The standard InChI is InChI=1S/C27H23N3O7/c1-15-24(31)23(16-8-2-6-12-20(16)29-15)27(36)37-22(30-21-13-7-4-10-18(21)26(34)35)14-28-19-11-5-3-9-17(19)25(32)33/h2-13,22,28,30-31H,14H2,1H3,(H,32,33)(H,34,35). The summed E-state index contributed by atoms with van der Waals surface area (Å²) < 4.78 is 5.70. The molecule has 10 heteroatoms. The molecular weight excluding hydrogens is 478 g/mol. The highest BCUT2D eigenvalue weighted by atomic mass is 16.6.